The van der Waals surface area contributed by atoms with Gasteiger partial charge in [-0.1, -0.05) is 76.9 Å². The van der Waals surface area contributed by atoms with Gasteiger partial charge in [0, 0.05) is 6.42 Å². The van der Waals surface area contributed by atoms with E-state index in [9.17, 15) is 9.90 Å². The number of aliphatic hydroxyl groups excluding tert-OH is 1. The molecule has 0 saturated heterocycles. The maximum absolute atomic E-state index is 10.3. The van der Waals surface area contributed by atoms with Crippen LogP contribution in [-0.2, 0) is 4.79 Å². The van der Waals surface area contributed by atoms with Crippen LogP contribution >= 0.6 is 0 Å². The maximum Gasteiger partial charge on any atom is 0.303 e. The lowest BCUT2D eigenvalue weighted by Crippen LogP contribution is -2.00. The van der Waals surface area contributed by atoms with Gasteiger partial charge < -0.3 is 10.2 Å². The zero-order valence-electron chi connectivity index (χ0n) is 14.4. The normalized spacial score (nSPS) is 12.8. The number of allylic oxidation sites excluding steroid dienone is 1. The van der Waals surface area contributed by atoms with E-state index >= 15 is 0 Å². The molecule has 0 saturated carbocycles. The lowest BCUT2D eigenvalue weighted by atomic mass is 10.1. The standard InChI is InChI=1S/C19H36O3/c1-2-3-15-18(20)16-13-11-9-7-5-4-6-8-10-12-14-17-19(21)22/h13,16,18,20H,2-12,14-15,17H2,1H3,(H,21,22)/b16-13-/t18-/m1/s1. The minimum Gasteiger partial charge on any atom is -0.481 e. The topological polar surface area (TPSA) is 57.5 Å². The Kier molecular flexibility index (Phi) is 15.9. The Balaban J connectivity index is 3.17. The Morgan fingerprint density at radius 2 is 1.45 bits per heavy atom. The average Bonchev–Trinajstić information content (AvgIpc) is 2.49. The van der Waals surface area contributed by atoms with Crippen LogP contribution in [0.1, 0.15) is 96.8 Å². The van der Waals surface area contributed by atoms with Gasteiger partial charge in [-0.3, -0.25) is 4.79 Å². The van der Waals surface area contributed by atoms with E-state index in [0.717, 1.165) is 38.5 Å². The van der Waals surface area contributed by atoms with Crippen LogP contribution in [0.3, 0.4) is 0 Å². The molecule has 3 nitrogen and oxygen atoms in total. The molecule has 0 aromatic heterocycles. The Hall–Kier alpha value is -0.830. The molecule has 0 fully saturated rings. The molecule has 130 valence electrons. The molecule has 0 heterocycles. The molecule has 0 aliphatic carbocycles. The van der Waals surface area contributed by atoms with Crippen LogP contribution in [0.15, 0.2) is 12.2 Å². The van der Waals surface area contributed by atoms with Crippen molar-refractivity contribution >= 4 is 5.97 Å². The molecular formula is C19H36O3. The minimum absolute atomic E-state index is 0.249. The highest BCUT2D eigenvalue weighted by Crippen LogP contribution is 2.11. The highest BCUT2D eigenvalue weighted by atomic mass is 16.4. The molecular weight excluding hydrogens is 276 g/mol. The van der Waals surface area contributed by atoms with Gasteiger partial charge in [0.1, 0.15) is 0 Å². The van der Waals surface area contributed by atoms with Crippen molar-refractivity contribution in [1.82, 2.24) is 0 Å². The lowest BCUT2D eigenvalue weighted by molar-refractivity contribution is -0.137. The first-order valence-electron chi connectivity index (χ1n) is 9.23. The van der Waals surface area contributed by atoms with E-state index in [1.165, 1.54) is 44.9 Å². The molecule has 0 amide bonds. The number of aliphatic carboxylic acids is 1. The highest BCUT2D eigenvalue weighted by Gasteiger charge is 1.97. The summed E-state index contributed by atoms with van der Waals surface area (Å²) in [5, 5.41) is 18.2. The number of unbranched alkanes of at least 4 members (excludes halogenated alkanes) is 10. The predicted molar refractivity (Wildman–Crippen MR) is 93.1 cm³/mol. The van der Waals surface area contributed by atoms with E-state index in [1.807, 2.05) is 6.08 Å². The molecule has 1 atom stereocenters. The van der Waals surface area contributed by atoms with Crippen molar-refractivity contribution in [1.29, 1.82) is 0 Å². The van der Waals surface area contributed by atoms with Crippen LogP contribution in [-0.4, -0.2) is 22.3 Å². The van der Waals surface area contributed by atoms with Gasteiger partial charge in [-0.15, -0.1) is 0 Å². The van der Waals surface area contributed by atoms with Crippen molar-refractivity contribution in [3.63, 3.8) is 0 Å². The molecule has 0 aliphatic rings. The van der Waals surface area contributed by atoms with Crippen molar-refractivity contribution in [3.8, 4) is 0 Å². The van der Waals surface area contributed by atoms with E-state index in [-0.39, 0.29) is 6.10 Å². The number of carboxylic acids is 1. The number of rotatable bonds is 16. The molecule has 2 N–H and O–H groups in total. The second-order valence-corrected chi connectivity index (χ2v) is 6.25. The summed E-state index contributed by atoms with van der Waals surface area (Å²) in [4.78, 5) is 10.3. The summed E-state index contributed by atoms with van der Waals surface area (Å²) in [6.45, 7) is 2.15. The quantitative estimate of drug-likeness (QED) is 0.293. The van der Waals surface area contributed by atoms with Gasteiger partial charge in [0.2, 0.25) is 0 Å². The van der Waals surface area contributed by atoms with Gasteiger partial charge >= 0.3 is 5.97 Å². The van der Waals surface area contributed by atoms with Gasteiger partial charge in [0.25, 0.3) is 0 Å². The second-order valence-electron chi connectivity index (χ2n) is 6.25. The van der Waals surface area contributed by atoms with Crippen molar-refractivity contribution in [2.24, 2.45) is 0 Å². The summed E-state index contributed by atoms with van der Waals surface area (Å²) in [5.74, 6) is -0.674. The summed E-state index contributed by atoms with van der Waals surface area (Å²) in [7, 11) is 0. The fourth-order valence-corrected chi connectivity index (χ4v) is 2.54. The largest absolute Gasteiger partial charge is 0.481 e. The zero-order chi connectivity index (χ0) is 16.5. The molecule has 0 unspecified atom stereocenters. The van der Waals surface area contributed by atoms with Crippen molar-refractivity contribution < 1.29 is 15.0 Å². The van der Waals surface area contributed by atoms with Crippen molar-refractivity contribution in [2.45, 2.75) is 103 Å². The number of carbonyl (C=O) groups is 1. The van der Waals surface area contributed by atoms with Gasteiger partial charge in [0.05, 0.1) is 6.10 Å². The third-order valence-electron chi connectivity index (χ3n) is 3.97. The van der Waals surface area contributed by atoms with E-state index in [4.69, 9.17) is 5.11 Å². The predicted octanol–water partition coefficient (Wildman–Crippen LogP) is 5.47. The number of carboxylic acid groups (broad SMARTS) is 1. The molecule has 0 aromatic carbocycles. The summed E-state index contributed by atoms with van der Waals surface area (Å²) >= 11 is 0. The summed E-state index contributed by atoms with van der Waals surface area (Å²) < 4.78 is 0. The van der Waals surface area contributed by atoms with Gasteiger partial charge in [0.15, 0.2) is 0 Å². The molecule has 3 heteroatoms. The maximum atomic E-state index is 10.3. The Morgan fingerprint density at radius 1 is 0.909 bits per heavy atom. The van der Waals surface area contributed by atoms with Gasteiger partial charge in [-0.05, 0) is 25.7 Å². The first kappa shape index (κ1) is 21.2. The van der Waals surface area contributed by atoms with Crippen molar-refractivity contribution in [2.75, 3.05) is 0 Å². The fourth-order valence-electron chi connectivity index (χ4n) is 2.54. The molecule has 22 heavy (non-hydrogen) atoms. The minimum atomic E-state index is -0.674. The van der Waals surface area contributed by atoms with Crippen LogP contribution in [0.5, 0.6) is 0 Å². The first-order valence-corrected chi connectivity index (χ1v) is 9.23. The SMILES string of the molecule is CCCC[C@@H](O)/C=C\CCCCCCCCCCCC(=O)O. The van der Waals surface area contributed by atoms with Crippen LogP contribution in [0.4, 0.5) is 0 Å². The molecule has 0 aliphatic heterocycles. The van der Waals surface area contributed by atoms with E-state index in [2.05, 4.69) is 13.0 Å². The fraction of sp³-hybridized carbons (Fsp3) is 0.842. The van der Waals surface area contributed by atoms with Gasteiger partial charge in [-0.25, -0.2) is 0 Å². The van der Waals surface area contributed by atoms with E-state index in [1.54, 1.807) is 0 Å². The Bertz CT molecular complexity index is 274. The molecule has 0 spiro atoms. The first-order chi connectivity index (χ1) is 10.7. The summed E-state index contributed by atoms with van der Waals surface area (Å²) in [6.07, 6.45) is 19.0. The molecule has 0 bridgehead atoms. The third-order valence-corrected chi connectivity index (χ3v) is 3.97. The van der Waals surface area contributed by atoms with E-state index < -0.39 is 5.97 Å². The molecule has 0 rings (SSSR count). The monoisotopic (exact) mass is 312 g/mol. The van der Waals surface area contributed by atoms with E-state index in [0.29, 0.717) is 6.42 Å². The second kappa shape index (κ2) is 16.5. The third kappa shape index (κ3) is 17.2. The summed E-state index contributed by atoms with van der Waals surface area (Å²) in [6, 6.07) is 0. The Morgan fingerprint density at radius 3 is 2.00 bits per heavy atom. The zero-order valence-corrected chi connectivity index (χ0v) is 14.4. The summed E-state index contributed by atoms with van der Waals surface area (Å²) in [5.41, 5.74) is 0. The number of aliphatic hydroxyl groups is 1. The van der Waals surface area contributed by atoms with Crippen LogP contribution in [0, 0.1) is 0 Å². The van der Waals surface area contributed by atoms with Crippen LogP contribution < -0.4 is 0 Å². The van der Waals surface area contributed by atoms with Crippen LogP contribution in [0.2, 0.25) is 0 Å². The average molecular weight is 312 g/mol. The number of hydrogen-bond donors (Lipinski definition) is 2. The van der Waals surface area contributed by atoms with Crippen molar-refractivity contribution in [3.05, 3.63) is 12.2 Å². The smallest absolute Gasteiger partial charge is 0.303 e. The molecule has 0 aromatic rings. The molecule has 0 radical (unpaired) electrons. The lowest BCUT2D eigenvalue weighted by Gasteiger charge is -2.03. The van der Waals surface area contributed by atoms with Gasteiger partial charge in [-0.2, -0.15) is 0 Å². The Labute approximate surface area is 136 Å². The highest BCUT2D eigenvalue weighted by molar-refractivity contribution is 5.66. The van der Waals surface area contributed by atoms with Crippen LogP contribution in [0.25, 0.3) is 0 Å². The number of hydrogen-bond acceptors (Lipinski definition) is 2.